The molecule has 2 unspecified atom stereocenters. The molecule has 1 amide bonds. The Labute approximate surface area is 103 Å². The third-order valence-electron chi connectivity index (χ3n) is 2.41. The number of rotatable bonds is 4. The van der Waals surface area contributed by atoms with Crippen molar-refractivity contribution in [2.24, 2.45) is 5.92 Å². The number of carboxylic acids is 1. The lowest BCUT2D eigenvalue weighted by atomic mass is 10.1. The van der Waals surface area contributed by atoms with Crippen molar-refractivity contribution in [2.75, 3.05) is 19.1 Å². The molecule has 0 aromatic heterocycles. The van der Waals surface area contributed by atoms with Crippen molar-refractivity contribution in [3.63, 3.8) is 0 Å². The number of hydrogen-bond donors (Lipinski definition) is 1. The van der Waals surface area contributed by atoms with Crippen LogP contribution >= 0.6 is 11.8 Å². The zero-order valence-corrected chi connectivity index (χ0v) is 10.5. The minimum Gasteiger partial charge on any atom is -0.480 e. The lowest BCUT2D eigenvalue weighted by molar-refractivity contribution is -0.149. The van der Waals surface area contributed by atoms with Gasteiger partial charge in [-0.05, 0) is 0 Å². The van der Waals surface area contributed by atoms with E-state index in [2.05, 4.69) is 0 Å². The number of amides is 1. The smallest absolute Gasteiger partial charge is 0.328 e. The van der Waals surface area contributed by atoms with E-state index < -0.39 is 17.9 Å². The van der Waals surface area contributed by atoms with Crippen molar-refractivity contribution in [2.45, 2.75) is 19.9 Å². The van der Waals surface area contributed by atoms with E-state index in [0.717, 1.165) is 11.8 Å². The topological polar surface area (TPSA) is 83.9 Å². The summed E-state index contributed by atoms with van der Waals surface area (Å²) in [7, 11) is 0. The van der Waals surface area contributed by atoms with Crippen LogP contribution in [-0.4, -0.2) is 52.1 Å². The van der Waals surface area contributed by atoms with Crippen LogP contribution in [0.25, 0.3) is 0 Å². The van der Waals surface area contributed by atoms with E-state index in [9.17, 15) is 14.4 Å². The van der Waals surface area contributed by atoms with E-state index in [4.69, 9.17) is 9.84 Å². The van der Waals surface area contributed by atoms with E-state index in [1.165, 1.54) is 11.8 Å². The molecule has 0 saturated carbocycles. The summed E-state index contributed by atoms with van der Waals surface area (Å²) in [5.41, 5.74) is 0. The van der Waals surface area contributed by atoms with E-state index in [-0.39, 0.29) is 24.4 Å². The summed E-state index contributed by atoms with van der Waals surface area (Å²) in [6.07, 6.45) is 0. The molecule has 0 radical (unpaired) electrons. The molecule has 2 atom stereocenters. The molecule has 96 valence electrons. The molecule has 1 fully saturated rings. The molecule has 0 aromatic carbocycles. The van der Waals surface area contributed by atoms with Crippen LogP contribution in [0.1, 0.15) is 13.8 Å². The lowest BCUT2D eigenvalue weighted by Crippen LogP contribution is -2.44. The third-order valence-corrected chi connectivity index (χ3v) is 3.48. The Morgan fingerprint density at radius 3 is 2.71 bits per heavy atom. The molecule has 1 N–H and O–H groups in total. The first kappa shape index (κ1) is 14.0. The number of hydrogen-bond acceptors (Lipinski definition) is 5. The molecule has 6 nitrogen and oxygen atoms in total. The fourth-order valence-electron chi connectivity index (χ4n) is 1.46. The standard InChI is InChI=1S/C10H15NO5S/c1-6(4-17-7(2)12)9(13)11-5-16-3-8(11)10(14)15/h6,8H,3-5H2,1-2H3,(H,14,15). The van der Waals surface area contributed by atoms with Crippen LogP contribution in [0.3, 0.4) is 0 Å². The summed E-state index contributed by atoms with van der Waals surface area (Å²) >= 11 is 1.06. The van der Waals surface area contributed by atoms with Gasteiger partial charge in [-0.15, -0.1) is 0 Å². The van der Waals surface area contributed by atoms with Crippen LogP contribution in [0.4, 0.5) is 0 Å². The molecule has 1 aliphatic rings. The zero-order valence-electron chi connectivity index (χ0n) is 9.71. The Morgan fingerprint density at radius 2 is 2.18 bits per heavy atom. The molecule has 7 heteroatoms. The van der Waals surface area contributed by atoms with E-state index in [1.807, 2.05) is 0 Å². The minimum atomic E-state index is -1.07. The Balaban J connectivity index is 2.56. The fraction of sp³-hybridized carbons (Fsp3) is 0.700. The van der Waals surface area contributed by atoms with Gasteiger partial charge in [0.25, 0.3) is 0 Å². The quantitative estimate of drug-likeness (QED) is 0.776. The van der Waals surface area contributed by atoms with E-state index in [0.29, 0.717) is 5.75 Å². The van der Waals surface area contributed by atoms with Gasteiger partial charge in [-0.1, -0.05) is 18.7 Å². The molecule has 0 aliphatic carbocycles. The van der Waals surface area contributed by atoms with Crippen LogP contribution in [0, 0.1) is 5.92 Å². The fourth-order valence-corrected chi connectivity index (χ4v) is 2.09. The molecule has 0 spiro atoms. The highest BCUT2D eigenvalue weighted by Crippen LogP contribution is 2.17. The number of ether oxygens (including phenoxy) is 1. The van der Waals surface area contributed by atoms with Crippen molar-refractivity contribution in [3.05, 3.63) is 0 Å². The van der Waals surface area contributed by atoms with Crippen molar-refractivity contribution in [3.8, 4) is 0 Å². The summed E-state index contributed by atoms with van der Waals surface area (Å²) in [6, 6.07) is -0.910. The number of nitrogens with zero attached hydrogens (tertiary/aromatic N) is 1. The van der Waals surface area contributed by atoms with Gasteiger partial charge >= 0.3 is 5.97 Å². The largest absolute Gasteiger partial charge is 0.480 e. The average Bonchev–Trinajstić information content (AvgIpc) is 2.73. The van der Waals surface area contributed by atoms with Gasteiger partial charge in [0, 0.05) is 18.6 Å². The lowest BCUT2D eigenvalue weighted by Gasteiger charge is -2.22. The number of aliphatic carboxylic acids is 1. The average molecular weight is 261 g/mol. The number of carbonyl (C=O) groups is 3. The molecule has 17 heavy (non-hydrogen) atoms. The van der Waals surface area contributed by atoms with E-state index >= 15 is 0 Å². The molecule has 1 rings (SSSR count). The van der Waals surface area contributed by atoms with Crippen LogP contribution in [0.2, 0.25) is 0 Å². The second kappa shape index (κ2) is 6.02. The van der Waals surface area contributed by atoms with Gasteiger partial charge in [-0.3, -0.25) is 9.59 Å². The van der Waals surface area contributed by atoms with Gasteiger partial charge in [0.2, 0.25) is 5.91 Å². The third kappa shape index (κ3) is 3.71. The Hall–Kier alpha value is -1.08. The number of carboxylic acid groups (broad SMARTS) is 1. The van der Waals surface area contributed by atoms with Crippen molar-refractivity contribution in [1.29, 1.82) is 0 Å². The normalized spacial score (nSPS) is 21.3. The molecule has 1 aliphatic heterocycles. The first-order valence-corrected chi connectivity index (χ1v) is 6.16. The minimum absolute atomic E-state index is 0.00484. The van der Waals surface area contributed by atoms with Crippen molar-refractivity contribution in [1.82, 2.24) is 4.90 Å². The predicted molar refractivity (Wildman–Crippen MR) is 61.4 cm³/mol. The van der Waals surface area contributed by atoms with Crippen LogP contribution in [-0.2, 0) is 19.1 Å². The first-order chi connectivity index (χ1) is 7.93. The highest BCUT2D eigenvalue weighted by atomic mass is 32.2. The van der Waals surface area contributed by atoms with Crippen molar-refractivity contribution >= 4 is 28.8 Å². The van der Waals surface area contributed by atoms with Gasteiger partial charge in [-0.25, -0.2) is 4.79 Å². The van der Waals surface area contributed by atoms with Gasteiger partial charge in [0.1, 0.15) is 6.73 Å². The maximum atomic E-state index is 11.9. The Kier molecular flexibility index (Phi) is 4.95. The molecule has 1 saturated heterocycles. The van der Waals surface area contributed by atoms with Crippen LogP contribution < -0.4 is 0 Å². The van der Waals surface area contributed by atoms with Gasteiger partial charge in [0.05, 0.1) is 6.61 Å². The Bertz CT molecular complexity index is 333. The first-order valence-electron chi connectivity index (χ1n) is 5.18. The van der Waals surface area contributed by atoms with Gasteiger partial charge < -0.3 is 14.7 Å². The summed E-state index contributed by atoms with van der Waals surface area (Å²) in [5, 5.41) is 8.84. The maximum absolute atomic E-state index is 11.9. The van der Waals surface area contributed by atoms with Crippen LogP contribution in [0.5, 0.6) is 0 Å². The van der Waals surface area contributed by atoms with E-state index in [1.54, 1.807) is 6.92 Å². The number of carbonyl (C=O) groups excluding carboxylic acids is 2. The van der Waals surface area contributed by atoms with Crippen LogP contribution in [0.15, 0.2) is 0 Å². The molecule has 1 heterocycles. The highest BCUT2D eigenvalue weighted by Gasteiger charge is 2.36. The second-order valence-electron chi connectivity index (χ2n) is 3.87. The second-order valence-corrected chi connectivity index (χ2v) is 5.06. The van der Waals surface area contributed by atoms with Crippen molar-refractivity contribution < 1.29 is 24.2 Å². The van der Waals surface area contributed by atoms with Gasteiger partial charge in [-0.2, -0.15) is 0 Å². The molecular weight excluding hydrogens is 246 g/mol. The highest BCUT2D eigenvalue weighted by molar-refractivity contribution is 8.13. The zero-order chi connectivity index (χ0) is 13.0. The Morgan fingerprint density at radius 1 is 1.53 bits per heavy atom. The summed E-state index contributed by atoms with van der Waals surface area (Å²) in [4.78, 5) is 34.8. The monoisotopic (exact) mass is 261 g/mol. The SMILES string of the molecule is CC(=O)SCC(C)C(=O)N1COCC1C(=O)O. The maximum Gasteiger partial charge on any atom is 0.328 e. The molecule has 0 aromatic rings. The number of thioether (sulfide) groups is 1. The predicted octanol–water partition coefficient (Wildman–Crippen LogP) is 0.172. The summed E-state index contributed by atoms with van der Waals surface area (Å²) in [5.74, 6) is -1.39. The molecule has 0 bridgehead atoms. The molecular formula is C10H15NO5S. The summed E-state index contributed by atoms with van der Waals surface area (Å²) in [6.45, 7) is 3.13. The van der Waals surface area contributed by atoms with Gasteiger partial charge in [0.15, 0.2) is 11.2 Å². The summed E-state index contributed by atoms with van der Waals surface area (Å²) < 4.78 is 4.98.